The zero-order chi connectivity index (χ0) is 16.2. The van der Waals surface area contributed by atoms with E-state index in [0.717, 1.165) is 24.1 Å². The predicted octanol–water partition coefficient (Wildman–Crippen LogP) is 3.05. The van der Waals surface area contributed by atoms with E-state index in [1.54, 1.807) is 35.2 Å². The zero-order valence-electron chi connectivity index (χ0n) is 12.6. The van der Waals surface area contributed by atoms with E-state index in [1.165, 1.54) is 0 Å². The van der Waals surface area contributed by atoms with Crippen molar-refractivity contribution in [3.8, 4) is 0 Å². The Hall–Kier alpha value is -2.33. The molecule has 0 fully saturated rings. The first kappa shape index (κ1) is 15.6. The number of nitrogens with one attached hydrogen (secondary N) is 1. The molecular formula is C18H17ClN2O2. The molecule has 0 spiro atoms. The third kappa shape index (κ3) is 3.54. The fourth-order valence-corrected chi connectivity index (χ4v) is 2.96. The summed E-state index contributed by atoms with van der Waals surface area (Å²) in [6.07, 6.45) is 1.81. The van der Waals surface area contributed by atoms with Gasteiger partial charge in [-0.3, -0.25) is 9.59 Å². The minimum Gasteiger partial charge on any atom is -0.343 e. The van der Waals surface area contributed by atoms with Crippen LogP contribution in [0.2, 0.25) is 5.02 Å². The van der Waals surface area contributed by atoms with Crippen LogP contribution in [-0.4, -0.2) is 24.9 Å². The maximum Gasteiger partial charge on any atom is 0.251 e. The summed E-state index contributed by atoms with van der Waals surface area (Å²) in [5.41, 5.74) is 2.51. The third-order valence-corrected chi connectivity index (χ3v) is 4.13. The molecule has 118 valence electrons. The number of halogens is 1. The molecule has 1 heterocycles. The van der Waals surface area contributed by atoms with Gasteiger partial charge in [0.05, 0.1) is 6.54 Å². The van der Waals surface area contributed by atoms with Crippen LogP contribution >= 0.6 is 11.6 Å². The van der Waals surface area contributed by atoms with Crippen molar-refractivity contribution in [2.45, 2.75) is 12.8 Å². The summed E-state index contributed by atoms with van der Waals surface area (Å²) in [7, 11) is 0. The highest BCUT2D eigenvalue weighted by atomic mass is 35.5. The lowest BCUT2D eigenvalue weighted by Crippen LogP contribution is -2.42. The summed E-state index contributed by atoms with van der Waals surface area (Å²) >= 11 is 6.01. The topological polar surface area (TPSA) is 49.4 Å². The first-order valence-corrected chi connectivity index (χ1v) is 7.95. The molecule has 0 bridgehead atoms. The van der Waals surface area contributed by atoms with Gasteiger partial charge in [-0.2, -0.15) is 0 Å². The van der Waals surface area contributed by atoms with Crippen LogP contribution in [0.3, 0.4) is 0 Å². The summed E-state index contributed by atoms with van der Waals surface area (Å²) in [5, 5.41) is 3.36. The molecule has 1 N–H and O–H groups in total. The lowest BCUT2D eigenvalue weighted by molar-refractivity contribution is -0.117. The highest BCUT2D eigenvalue weighted by molar-refractivity contribution is 6.30. The van der Waals surface area contributed by atoms with Crippen molar-refractivity contribution in [1.82, 2.24) is 5.32 Å². The molecule has 0 saturated carbocycles. The van der Waals surface area contributed by atoms with Gasteiger partial charge in [0.2, 0.25) is 5.91 Å². The van der Waals surface area contributed by atoms with Crippen LogP contribution in [0.15, 0.2) is 48.5 Å². The predicted molar refractivity (Wildman–Crippen MR) is 90.9 cm³/mol. The lowest BCUT2D eigenvalue weighted by atomic mass is 10.0. The fourth-order valence-electron chi connectivity index (χ4n) is 2.77. The van der Waals surface area contributed by atoms with Crippen LogP contribution in [0.1, 0.15) is 22.3 Å². The van der Waals surface area contributed by atoms with Gasteiger partial charge in [0.15, 0.2) is 0 Å². The van der Waals surface area contributed by atoms with Gasteiger partial charge in [-0.05, 0) is 48.7 Å². The number of benzene rings is 2. The number of anilines is 1. The third-order valence-electron chi connectivity index (χ3n) is 3.90. The van der Waals surface area contributed by atoms with Crippen molar-refractivity contribution < 1.29 is 9.59 Å². The average molecular weight is 329 g/mol. The Balaban J connectivity index is 1.67. The molecule has 5 heteroatoms. The highest BCUT2D eigenvalue weighted by Crippen LogP contribution is 2.29. The molecular weight excluding hydrogens is 312 g/mol. The van der Waals surface area contributed by atoms with E-state index in [0.29, 0.717) is 17.1 Å². The first-order valence-electron chi connectivity index (χ1n) is 7.57. The Morgan fingerprint density at radius 2 is 1.91 bits per heavy atom. The zero-order valence-corrected chi connectivity index (χ0v) is 13.3. The van der Waals surface area contributed by atoms with Gasteiger partial charge in [0.25, 0.3) is 5.91 Å². The summed E-state index contributed by atoms with van der Waals surface area (Å²) in [6.45, 7) is 0.643. The smallest absolute Gasteiger partial charge is 0.251 e. The molecule has 3 rings (SSSR count). The second-order valence-corrected chi connectivity index (χ2v) is 5.91. The van der Waals surface area contributed by atoms with Crippen LogP contribution in [0, 0.1) is 0 Å². The van der Waals surface area contributed by atoms with Crippen LogP contribution in [0.5, 0.6) is 0 Å². The van der Waals surface area contributed by atoms with Gasteiger partial charge in [-0.15, -0.1) is 0 Å². The number of hydrogen-bond donors (Lipinski definition) is 1. The standard InChI is InChI=1S/C18H17ClN2O2/c19-15-8-9-16-14(11-15)7-4-10-21(16)17(22)12-20-18(23)13-5-2-1-3-6-13/h1-3,5-6,8-9,11H,4,7,10,12H2,(H,20,23). The second-order valence-electron chi connectivity index (χ2n) is 5.47. The van der Waals surface area contributed by atoms with Gasteiger partial charge in [-0.1, -0.05) is 29.8 Å². The molecule has 0 aliphatic carbocycles. The van der Waals surface area contributed by atoms with Gasteiger partial charge in [-0.25, -0.2) is 0 Å². The van der Waals surface area contributed by atoms with Gasteiger partial charge < -0.3 is 10.2 Å². The van der Waals surface area contributed by atoms with Crippen LogP contribution in [0.4, 0.5) is 5.69 Å². The number of carbonyl (C=O) groups excluding carboxylic acids is 2. The van der Waals surface area contributed by atoms with Crippen molar-refractivity contribution in [3.05, 3.63) is 64.7 Å². The number of fused-ring (bicyclic) bond motifs is 1. The number of rotatable bonds is 3. The van der Waals surface area contributed by atoms with Crippen molar-refractivity contribution in [2.75, 3.05) is 18.0 Å². The number of hydrogen-bond acceptors (Lipinski definition) is 2. The number of aryl methyl sites for hydroxylation is 1. The summed E-state index contributed by atoms with van der Waals surface area (Å²) in [6, 6.07) is 14.4. The Morgan fingerprint density at radius 3 is 2.70 bits per heavy atom. The van der Waals surface area contributed by atoms with Crippen molar-refractivity contribution in [2.24, 2.45) is 0 Å². The molecule has 2 aromatic rings. The number of amides is 2. The fraction of sp³-hybridized carbons (Fsp3) is 0.222. The normalized spacial score (nSPS) is 13.3. The molecule has 0 aromatic heterocycles. The summed E-state index contributed by atoms with van der Waals surface area (Å²) < 4.78 is 0. The van der Waals surface area contributed by atoms with Gasteiger partial charge in [0, 0.05) is 22.8 Å². The average Bonchev–Trinajstić information content (AvgIpc) is 2.59. The van der Waals surface area contributed by atoms with E-state index >= 15 is 0 Å². The van der Waals surface area contributed by atoms with E-state index in [1.807, 2.05) is 18.2 Å². The lowest BCUT2D eigenvalue weighted by Gasteiger charge is -2.29. The largest absolute Gasteiger partial charge is 0.343 e. The Labute approximate surface area is 140 Å². The summed E-state index contributed by atoms with van der Waals surface area (Å²) in [5.74, 6) is -0.357. The van der Waals surface area contributed by atoms with E-state index in [2.05, 4.69) is 5.32 Å². The van der Waals surface area contributed by atoms with E-state index in [-0.39, 0.29) is 18.4 Å². The summed E-state index contributed by atoms with van der Waals surface area (Å²) in [4.78, 5) is 26.2. The van der Waals surface area contributed by atoms with E-state index < -0.39 is 0 Å². The molecule has 4 nitrogen and oxygen atoms in total. The first-order chi connectivity index (χ1) is 11.1. The van der Waals surface area contributed by atoms with Crippen LogP contribution in [-0.2, 0) is 11.2 Å². The Morgan fingerprint density at radius 1 is 1.13 bits per heavy atom. The molecule has 0 atom stereocenters. The van der Waals surface area contributed by atoms with Crippen LogP contribution in [0.25, 0.3) is 0 Å². The molecule has 0 unspecified atom stereocenters. The minimum absolute atomic E-state index is 0.0181. The van der Waals surface area contributed by atoms with Crippen molar-refractivity contribution in [1.29, 1.82) is 0 Å². The molecule has 2 aromatic carbocycles. The molecule has 23 heavy (non-hydrogen) atoms. The van der Waals surface area contributed by atoms with Gasteiger partial charge in [0.1, 0.15) is 0 Å². The van der Waals surface area contributed by atoms with Crippen molar-refractivity contribution in [3.63, 3.8) is 0 Å². The second kappa shape index (κ2) is 6.84. The molecule has 1 aliphatic rings. The quantitative estimate of drug-likeness (QED) is 0.941. The SMILES string of the molecule is O=C(NCC(=O)N1CCCc2cc(Cl)ccc21)c1ccccc1. The number of carbonyl (C=O) groups is 2. The Bertz CT molecular complexity index is 731. The monoisotopic (exact) mass is 328 g/mol. The van der Waals surface area contributed by atoms with E-state index in [9.17, 15) is 9.59 Å². The maximum atomic E-state index is 12.5. The van der Waals surface area contributed by atoms with Gasteiger partial charge >= 0.3 is 0 Å². The Kier molecular flexibility index (Phi) is 4.63. The molecule has 1 aliphatic heterocycles. The van der Waals surface area contributed by atoms with E-state index in [4.69, 9.17) is 11.6 Å². The number of nitrogens with zero attached hydrogens (tertiary/aromatic N) is 1. The molecule has 2 amide bonds. The van der Waals surface area contributed by atoms with Crippen LogP contribution < -0.4 is 10.2 Å². The maximum absolute atomic E-state index is 12.5. The van der Waals surface area contributed by atoms with Crippen molar-refractivity contribution >= 4 is 29.1 Å². The minimum atomic E-state index is -0.243. The highest BCUT2D eigenvalue weighted by Gasteiger charge is 2.22. The molecule has 0 saturated heterocycles. The molecule has 0 radical (unpaired) electrons.